The standard InChI is InChI=1S/C12H16ClNO3S/c1-17-6-7-18(15,16)14-12-10-5-3-2-4-9(10)8-11(12)13/h2-5,11-12,14H,6-8H2,1H3. The first-order valence-corrected chi connectivity index (χ1v) is 7.83. The number of methoxy groups -OCH3 is 1. The van der Waals surface area contributed by atoms with Gasteiger partial charge in [0.05, 0.1) is 23.8 Å². The van der Waals surface area contributed by atoms with Gasteiger partial charge in [0.25, 0.3) is 0 Å². The molecule has 4 nitrogen and oxygen atoms in total. The summed E-state index contributed by atoms with van der Waals surface area (Å²) in [6.45, 7) is 0.177. The molecule has 2 rings (SSSR count). The van der Waals surface area contributed by atoms with Gasteiger partial charge in [0.15, 0.2) is 0 Å². The van der Waals surface area contributed by atoms with Gasteiger partial charge in [0.1, 0.15) is 0 Å². The quantitative estimate of drug-likeness (QED) is 0.835. The van der Waals surface area contributed by atoms with Crippen LogP contribution in [-0.4, -0.2) is 33.3 Å². The minimum Gasteiger partial charge on any atom is -0.384 e. The smallest absolute Gasteiger partial charge is 0.214 e. The van der Waals surface area contributed by atoms with E-state index in [1.54, 1.807) is 0 Å². The van der Waals surface area contributed by atoms with Crippen LogP contribution in [0, 0.1) is 0 Å². The first-order chi connectivity index (χ1) is 8.53. The second-order valence-corrected chi connectivity index (χ2v) is 6.76. The highest BCUT2D eigenvalue weighted by Crippen LogP contribution is 2.35. The molecule has 0 amide bonds. The molecule has 0 aromatic heterocycles. The molecule has 1 aromatic rings. The summed E-state index contributed by atoms with van der Waals surface area (Å²) in [5.41, 5.74) is 2.08. The Kier molecular flexibility index (Phi) is 4.27. The molecule has 0 fully saturated rings. The number of fused-ring (bicyclic) bond motifs is 1. The average molecular weight is 290 g/mol. The highest BCUT2D eigenvalue weighted by Gasteiger charge is 2.33. The Hall–Kier alpha value is -0.620. The summed E-state index contributed by atoms with van der Waals surface area (Å²) in [4.78, 5) is 0. The van der Waals surface area contributed by atoms with Gasteiger partial charge in [-0.3, -0.25) is 0 Å². The third-order valence-electron chi connectivity index (χ3n) is 3.03. The number of ether oxygens (including phenoxy) is 1. The molecule has 1 N–H and O–H groups in total. The average Bonchev–Trinajstić information content (AvgIpc) is 2.63. The maximum atomic E-state index is 11.9. The van der Waals surface area contributed by atoms with Gasteiger partial charge < -0.3 is 4.74 Å². The van der Waals surface area contributed by atoms with E-state index in [9.17, 15) is 8.42 Å². The first kappa shape index (κ1) is 13.8. The van der Waals surface area contributed by atoms with Crippen LogP contribution in [0.4, 0.5) is 0 Å². The van der Waals surface area contributed by atoms with Gasteiger partial charge in [-0.1, -0.05) is 24.3 Å². The van der Waals surface area contributed by atoms with E-state index < -0.39 is 10.0 Å². The maximum absolute atomic E-state index is 11.9. The van der Waals surface area contributed by atoms with Gasteiger partial charge in [-0.15, -0.1) is 11.6 Å². The lowest BCUT2D eigenvalue weighted by Gasteiger charge is -2.17. The highest BCUT2D eigenvalue weighted by molar-refractivity contribution is 7.89. The Labute approximate surface area is 112 Å². The second-order valence-electron chi connectivity index (χ2n) is 4.33. The Bertz CT molecular complexity index is 518. The number of hydrogen-bond donors (Lipinski definition) is 1. The minimum atomic E-state index is -3.36. The topological polar surface area (TPSA) is 55.4 Å². The molecule has 2 atom stereocenters. The number of rotatable bonds is 5. The summed E-state index contributed by atoms with van der Waals surface area (Å²) < 4.78 is 31.1. The Morgan fingerprint density at radius 3 is 2.89 bits per heavy atom. The normalized spacial score (nSPS) is 23.0. The van der Waals surface area contributed by atoms with Crippen LogP contribution >= 0.6 is 11.6 Å². The van der Waals surface area contributed by atoms with Crippen molar-refractivity contribution in [2.45, 2.75) is 17.8 Å². The van der Waals surface area contributed by atoms with Crippen molar-refractivity contribution < 1.29 is 13.2 Å². The van der Waals surface area contributed by atoms with E-state index in [1.165, 1.54) is 7.11 Å². The van der Waals surface area contributed by atoms with E-state index in [2.05, 4.69) is 4.72 Å². The number of hydrogen-bond acceptors (Lipinski definition) is 3. The number of sulfonamides is 1. The van der Waals surface area contributed by atoms with E-state index in [4.69, 9.17) is 16.3 Å². The lowest BCUT2D eigenvalue weighted by Crippen LogP contribution is -2.34. The largest absolute Gasteiger partial charge is 0.384 e. The van der Waals surface area contributed by atoms with Crippen molar-refractivity contribution in [3.05, 3.63) is 35.4 Å². The molecule has 0 saturated heterocycles. The van der Waals surface area contributed by atoms with Crippen molar-refractivity contribution >= 4 is 21.6 Å². The van der Waals surface area contributed by atoms with E-state index in [-0.39, 0.29) is 23.8 Å². The summed E-state index contributed by atoms with van der Waals surface area (Å²) in [5.74, 6) is -0.0498. The van der Waals surface area contributed by atoms with Crippen molar-refractivity contribution in [3.63, 3.8) is 0 Å². The Balaban J connectivity index is 2.15. The van der Waals surface area contributed by atoms with Crippen LogP contribution < -0.4 is 4.72 Å². The van der Waals surface area contributed by atoms with E-state index in [1.807, 2.05) is 24.3 Å². The minimum absolute atomic E-state index is 0.0498. The SMILES string of the molecule is COCCS(=O)(=O)NC1c2ccccc2CC1Cl. The monoisotopic (exact) mass is 289 g/mol. The molecular formula is C12H16ClNO3S. The fourth-order valence-electron chi connectivity index (χ4n) is 2.13. The van der Waals surface area contributed by atoms with Crippen molar-refractivity contribution in [1.82, 2.24) is 4.72 Å². The van der Waals surface area contributed by atoms with Gasteiger partial charge >= 0.3 is 0 Å². The molecule has 100 valence electrons. The zero-order chi connectivity index (χ0) is 13.2. The molecule has 6 heteroatoms. The fraction of sp³-hybridized carbons (Fsp3) is 0.500. The number of alkyl halides is 1. The van der Waals surface area contributed by atoms with Crippen molar-refractivity contribution in [1.29, 1.82) is 0 Å². The Morgan fingerprint density at radius 1 is 1.44 bits per heavy atom. The molecule has 0 spiro atoms. The summed E-state index contributed by atoms with van der Waals surface area (Å²) in [6.07, 6.45) is 0.690. The van der Waals surface area contributed by atoms with Crippen LogP contribution in [-0.2, 0) is 21.2 Å². The molecule has 0 heterocycles. The summed E-state index contributed by atoms with van der Waals surface area (Å²) in [7, 11) is -1.89. The van der Waals surface area contributed by atoms with Crippen molar-refractivity contribution in [3.8, 4) is 0 Å². The number of nitrogens with one attached hydrogen (secondary N) is 1. The van der Waals surface area contributed by atoms with Gasteiger partial charge in [-0.25, -0.2) is 13.1 Å². The molecule has 0 aliphatic heterocycles. The van der Waals surface area contributed by atoms with Gasteiger partial charge in [-0.05, 0) is 17.5 Å². The van der Waals surface area contributed by atoms with Crippen LogP contribution in [0.2, 0.25) is 0 Å². The third kappa shape index (κ3) is 3.03. The predicted molar refractivity (Wildman–Crippen MR) is 71.3 cm³/mol. The molecule has 0 radical (unpaired) electrons. The van der Waals surface area contributed by atoms with Gasteiger partial charge in [0, 0.05) is 7.11 Å². The maximum Gasteiger partial charge on any atom is 0.214 e. The van der Waals surface area contributed by atoms with Gasteiger partial charge in [0.2, 0.25) is 10.0 Å². The molecule has 1 aliphatic rings. The van der Waals surface area contributed by atoms with Crippen LogP contribution in [0.3, 0.4) is 0 Å². The molecule has 1 aromatic carbocycles. The second kappa shape index (κ2) is 5.57. The number of benzene rings is 1. The third-order valence-corrected chi connectivity index (χ3v) is 4.75. The summed E-state index contributed by atoms with van der Waals surface area (Å²) >= 11 is 6.23. The van der Waals surface area contributed by atoms with Crippen LogP contribution in [0.15, 0.2) is 24.3 Å². The molecule has 2 unspecified atom stereocenters. The molecule has 18 heavy (non-hydrogen) atoms. The Morgan fingerprint density at radius 2 is 2.17 bits per heavy atom. The predicted octanol–water partition coefficient (Wildman–Crippen LogP) is 1.46. The summed E-state index contributed by atoms with van der Waals surface area (Å²) in [6, 6.07) is 7.38. The van der Waals surface area contributed by atoms with Crippen LogP contribution in [0.1, 0.15) is 17.2 Å². The molecule has 1 aliphatic carbocycles. The van der Waals surface area contributed by atoms with E-state index in [0.717, 1.165) is 11.1 Å². The fourth-order valence-corrected chi connectivity index (χ4v) is 3.75. The van der Waals surface area contributed by atoms with Crippen molar-refractivity contribution in [2.75, 3.05) is 19.5 Å². The lowest BCUT2D eigenvalue weighted by atomic mass is 10.1. The van der Waals surface area contributed by atoms with E-state index >= 15 is 0 Å². The molecular weight excluding hydrogens is 274 g/mol. The molecule has 0 saturated carbocycles. The lowest BCUT2D eigenvalue weighted by molar-refractivity contribution is 0.216. The van der Waals surface area contributed by atoms with Gasteiger partial charge in [-0.2, -0.15) is 0 Å². The zero-order valence-electron chi connectivity index (χ0n) is 10.1. The molecule has 0 bridgehead atoms. The highest BCUT2D eigenvalue weighted by atomic mass is 35.5. The van der Waals surface area contributed by atoms with Crippen molar-refractivity contribution in [2.24, 2.45) is 0 Å². The first-order valence-electron chi connectivity index (χ1n) is 5.74. The zero-order valence-corrected chi connectivity index (χ0v) is 11.7. The van der Waals surface area contributed by atoms with Crippen LogP contribution in [0.25, 0.3) is 0 Å². The summed E-state index contributed by atoms with van der Waals surface area (Å²) in [5, 5.41) is -0.236. The van der Waals surface area contributed by atoms with Crippen LogP contribution in [0.5, 0.6) is 0 Å². The number of halogens is 1. The van der Waals surface area contributed by atoms with E-state index in [0.29, 0.717) is 6.42 Å².